The van der Waals surface area contributed by atoms with Gasteiger partial charge in [0.25, 0.3) is 0 Å². The van der Waals surface area contributed by atoms with Crippen LogP contribution in [0.25, 0.3) is 0 Å². The van der Waals surface area contributed by atoms with E-state index < -0.39 is 11.4 Å². The second kappa shape index (κ2) is 7.20. The average Bonchev–Trinajstić information content (AvgIpc) is 2.43. The van der Waals surface area contributed by atoms with Gasteiger partial charge in [-0.3, -0.25) is 4.79 Å². The topological polar surface area (TPSA) is 60.9 Å². The first-order valence-electron chi connectivity index (χ1n) is 7.09. The Hall–Kier alpha value is -0.910. The van der Waals surface area contributed by atoms with E-state index in [1.165, 1.54) is 0 Å². The van der Waals surface area contributed by atoms with Crippen molar-refractivity contribution in [1.29, 1.82) is 0 Å². The lowest BCUT2D eigenvalue weighted by Gasteiger charge is -2.40. The van der Waals surface area contributed by atoms with Gasteiger partial charge in [0.2, 0.25) is 0 Å². The Morgan fingerprint density at radius 1 is 1.50 bits per heavy atom. The second-order valence-electron chi connectivity index (χ2n) is 5.80. The summed E-state index contributed by atoms with van der Waals surface area (Å²) in [4.78, 5) is 27.3. The highest BCUT2D eigenvalue weighted by Crippen LogP contribution is 2.30. The average molecular weight is 302 g/mol. The van der Waals surface area contributed by atoms with Crippen molar-refractivity contribution in [3.05, 3.63) is 0 Å². The minimum atomic E-state index is -0.811. The molecule has 1 fully saturated rings. The van der Waals surface area contributed by atoms with E-state index in [0.29, 0.717) is 19.5 Å². The number of likely N-dealkylation sites (tertiary alicyclic amines) is 1. The molecule has 0 spiro atoms. The molecule has 0 aliphatic carbocycles. The quantitative estimate of drug-likeness (QED) is 0.847. The second-order valence-corrected chi connectivity index (χ2v) is 6.71. The SMILES string of the molecule is CCC(CSC)N(C)C(=O)N1CCCC(C)(C(=O)O)C1. The molecule has 0 radical (unpaired) electrons. The van der Waals surface area contributed by atoms with E-state index in [9.17, 15) is 14.7 Å². The van der Waals surface area contributed by atoms with Gasteiger partial charge in [0.15, 0.2) is 0 Å². The molecule has 0 aromatic carbocycles. The van der Waals surface area contributed by atoms with Crippen LogP contribution in [0.5, 0.6) is 0 Å². The molecule has 2 atom stereocenters. The summed E-state index contributed by atoms with van der Waals surface area (Å²) >= 11 is 1.72. The van der Waals surface area contributed by atoms with Gasteiger partial charge < -0.3 is 14.9 Å². The lowest BCUT2D eigenvalue weighted by atomic mass is 9.82. The third kappa shape index (κ3) is 3.81. The van der Waals surface area contributed by atoms with Gasteiger partial charge in [-0.25, -0.2) is 4.79 Å². The molecule has 20 heavy (non-hydrogen) atoms. The first-order chi connectivity index (χ1) is 9.35. The van der Waals surface area contributed by atoms with Crippen molar-refractivity contribution in [3.63, 3.8) is 0 Å². The zero-order valence-corrected chi connectivity index (χ0v) is 13.7. The number of nitrogens with zero attached hydrogens (tertiary/aromatic N) is 2. The summed E-state index contributed by atoms with van der Waals surface area (Å²) in [6.07, 6.45) is 4.33. The van der Waals surface area contributed by atoms with Crippen LogP contribution in [-0.2, 0) is 4.79 Å². The zero-order chi connectivity index (χ0) is 15.3. The number of rotatable bonds is 5. The van der Waals surface area contributed by atoms with E-state index in [-0.39, 0.29) is 12.1 Å². The van der Waals surface area contributed by atoms with Gasteiger partial charge in [-0.05, 0) is 32.4 Å². The van der Waals surface area contributed by atoms with Crippen LogP contribution in [0.4, 0.5) is 4.79 Å². The summed E-state index contributed by atoms with van der Waals surface area (Å²) < 4.78 is 0. The van der Waals surface area contributed by atoms with Crippen LogP contribution in [0.1, 0.15) is 33.1 Å². The number of thioether (sulfide) groups is 1. The lowest BCUT2D eigenvalue weighted by molar-refractivity contribution is -0.150. The molecule has 2 unspecified atom stereocenters. The van der Waals surface area contributed by atoms with Crippen molar-refractivity contribution in [2.75, 3.05) is 32.1 Å². The third-order valence-corrected chi connectivity index (χ3v) is 4.88. The number of carboxylic acid groups (broad SMARTS) is 1. The Balaban J connectivity index is 2.73. The monoisotopic (exact) mass is 302 g/mol. The summed E-state index contributed by atoms with van der Waals surface area (Å²) in [5, 5.41) is 9.32. The van der Waals surface area contributed by atoms with Crippen molar-refractivity contribution >= 4 is 23.8 Å². The first-order valence-corrected chi connectivity index (χ1v) is 8.49. The Bertz CT molecular complexity index is 364. The predicted molar refractivity (Wildman–Crippen MR) is 82.2 cm³/mol. The number of carbonyl (C=O) groups excluding carboxylic acids is 1. The van der Waals surface area contributed by atoms with Crippen LogP contribution in [0, 0.1) is 5.41 Å². The van der Waals surface area contributed by atoms with Crippen LogP contribution in [-0.4, -0.2) is 65.1 Å². The lowest BCUT2D eigenvalue weighted by Crippen LogP contribution is -2.53. The number of hydrogen-bond acceptors (Lipinski definition) is 3. The van der Waals surface area contributed by atoms with Crippen LogP contribution < -0.4 is 0 Å². The molecule has 116 valence electrons. The smallest absolute Gasteiger partial charge is 0.320 e. The summed E-state index contributed by atoms with van der Waals surface area (Å²) in [7, 11) is 1.82. The molecule has 0 saturated carbocycles. The Kier molecular flexibility index (Phi) is 6.17. The maximum Gasteiger partial charge on any atom is 0.320 e. The van der Waals surface area contributed by atoms with Gasteiger partial charge in [0, 0.05) is 31.9 Å². The molecule has 1 N–H and O–H groups in total. The fourth-order valence-electron chi connectivity index (χ4n) is 2.65. The van der Waals surface area contributed by atoms with Crippen molar-refractivity contribution in [3.8, 4) is 0 Å². The maximum atomic E-state index is 12.5. The standard InChI is InChI=1S/C14H26N2O3S/c1-5-11(9-20-4)15(3)13(19)16-8-6-7-14(2,10-16)12(17)18/h11H,5-10H2,1-4H3,(H,17,18). The fraction of sp³-hybridized carbons (Fsp3) is 0.857. The molecule has 0 aromatic rings. The largest absolute Gasteiger partial charge is 0.481 e. The summed E-state index contributed by atoms with van der Waals surface area (Å²) in [6.45, 7) is 4.76. The van der Waals surface area contributed by atoms with Gasteiger partial charge in [-0.1, -0.05) is 6.92 Å². The molecule has 2 amide bonds. The van der Waals surface area contributed by atoms with Crippen LogP contribution in [0.2, 0.25) is 0 Å². The third-order valence-electron chi connectivity index (χ3n) is 4.16. The molecule has 1 saturated heterocycles. The van der Waals surface area contributed by atoms with Gasteiger partial charge in [0.05, 0.1) is 5.41 Å². The summed E-state index contributed by atoms with van der Waals surface area (Å²) in [6, 6.07) is 0.161. The van der Waals surface area contributed by atoms with E-state index in [2.05, 4.69) is 6.92 Å². The van der Waals surface area contributed by atoms with E-state index in [1.807, 2.05) is 13.3 Å². The fourth-order valence-corrected chi connectivity index (χ4v) is 3.50. The number of amides is 2. The van der Waals surface area contributed by atoms with Crippen molar-refractivity contribution in [2.45, 2.75) is 39.2 Å². The minimum absolute atomic E-state index is 0.0434. The van der Waals surface area contributed by atoms with Crippen LogP contribution in [0.3, 0.4) is 0 Å². The molecular formula is C14H26N2O3S. The van der Waals surface area contributed by atoms with Crippen molar-refractivity contribution in [1.82, 2.24) is 9.80 Å². The van der Waals surface area contributed by atoms with Crippen molar-refractivity contribution < 1.29 is 14.7 Å². The molecular weight excluding hydrogens is 276 g/mol. The van der Waals surface area contributed by atoms with E-state index in [4.69, 9.17) is 0 Å². The van der Waals surface area contributed by atoms with Gasteiger partial charge in [-0.15, -0.1) is 0 Å². The summed E-state index contributed by atoms with van der Waals surface area (Å²) in [5.41, 5.74) is -0.810. The Morgan fingerprint density at radius 2 is 2.15 bits per heavy atom. The molecule has 0 aromatic heterocycles. The highest BCUT2D eigenvalue weighted by molar-refractivity contribution is 7.98. The number of hydrogen-bond donors (Lipinski definition) is 1. The zero-order valence-electron chi connectivity index (χ0n) is 12.9. The van der Waals surface area contributed by atoms with Gasteiger partial charge in [-0.2, -0.15) is 11.8 Å². The molecule has 5 nitrogen and oxygen atoms in total. The maximum absolute atomic E-state index is 12.5. The Morgan fingerprint density at radius 3 is 2.65 bits per heavy atom. The van der Waals surface area contributed by atoms with Gasteiger partial charge >= 0.3 is 12.0 Å². The number of piperidine rings is 1. The molecule has 0 bridgehead atoms. The molecule has 1 aliphatic rings. The van der Waals surface area contributed by atoms with Crippen molar-refractivity contribution in [2.24, 2.45) is 5.41 Å². The van der Waals surface area contributed by atoms with E-state index in [1.54, 1.807) is 28.5 Å². The van der Waals surface area contributed by atoms with E-state index >= 15 is 0 Å². The first kappa shape index (κ1) is 17.1. The molecule has 1 rings (SSSR count). The highest BCUT2D eigenvalue weighted by atomic mass is 32.2. The van der Waals surface area contributed by atoms with Crippen LogP contribution in [0.15, 0.2) is 0 Å². The minimum Gasteiger partial charge on any atom is -0.481 e. The number of urea groups is 1. The normalized spacial score (nSPS) is 24.3. The Labute approximate surface area is 125 Å². The number of carbonyl (C=O) groups is 2. The van der Waals surface area contributed by atoms with E-state index in [0.717, 1.165) is 18.6 Å². The molecule has 1 heterocycles. The van der Waals surface area contributed by atoms with Crippen LogP contribution >= 0.6 is 11.8 Å². The highest BCUT2D eigenvalue weighted by Gasteiger charge is 2.40. The summed E-state index contributed by atoms with van der Waals surface area (Å²) in [5.74, 6) is 0.0942. The predicted octanol–water partition coefficient (Wildman–Crippen LogP) is 2.37. The molecule has 6 heteroatoms. The van der Waals surface area contributed by atoms with Gasteiger partial charge in [0.1, 0.15) is 0 Å². The number of carboxylic acids is 1. The molecule has 1 aliphatic heterocycles. The number of aliphatic carboxylic acids is 1.